The van der Waals surface area contributed by atoms with E-state index in [0.29, 0.717) is 0 Å². The minimum atomic E-state index is -4.38. The second-order valence-electron chi connectivity index (χ2n) is 8.52. The standard InChI is InChI=1S/C24H22Cl2F4N4O5/c1-14(23(38,10-33-13-31-12-32-33)18-7-4-16(25)8-19(18)26)34(9-20(35)36)21(37)15-2-5-17(6-3-15)39-11-24(29,30)22(27)28/h2-8,12-14,22,38H,9-11H2,1H3,(H,35,36). The minimum Gasteiger partial charge on any atom is -0.487 e. The molecule has 39 heavy (non-hydrogen) atoms. The number of aliphatic carboxylic acids is 1. The number of carboxylic acids is 1. The summed E-state index contributed by atoms with van der Waals surface area (Å²) in [4.78, 5) is 29.9. The number of carbonyl (C=O) groups excluding carboxylic acids is 1. The molecule has 2 unspecified atom stereocenters. The van der Waals surface area contributed by atoms with Gasteiger partial charge in [-0.3, -0.25) is 9.59 Å². The first kappa shape index (κ1) is 30.1. The molecule has 0 radical (unpaired) electrons. The van der Waals surface area contributed by atoms with E-state index in [0.717, 1.165) is 29.2 Å². The van der Waals surface area contributed by atoms with Gasteiger partial charge < -0.3 is 19.8 Å². The zero-order chi connectivity index (χ0) is 29.0. The van der Waals surface area contributed by atoms with Crippen LogP contribution in [0.25, 0.3) is 0 Å². The minimum absolute atomic E-state index is 0.0433. The number of aliphatic hydroxyl groups is 1. The summed E-state index contributed by atoms with van der Waals surface area (Å²) in [5.74, 6) is -6.84. The molecule has 1 aromatic heterocycles. The lowest BCUT2D eigenvalue weighted by Gasteiger charge is -2.41. The van der Waals surface area contributed by atoms with E-state index in [1.807, 2.05) is 0 Å². The molecule has 0 saturated carbocycles. The summed E-state index contributed by atoms with van der Waals surface area (Å²) in [5.41, 5.74) is -1.98. The van der Waals surface area contributed by atoms with Gasteiger partial charge in [-0.05, 0) is 43.3 Å². The third kappa shape index (κ3) is 7.16. The van der Waals surface area contributed by atoms with Crippen molar-refractivity contribution in [1.82, 2.24) is 19.7 Å². The Morgan fingerprint density at radius 2 is 1.82 bits per heavy atom. The van der Waals surface area contributed by atoms with E-state index in [2.05, 4.69) is 10.1 Å². The Morgan fingerprint density at radius 1 is 1.15 bits per heavy atom. The van der Waals surface area contributed by atoms with E-state index in [-0.39, 0.29) is 33.5 Å². The zero-order valence-electron chi connectivity index (χ0n) is 20.1. The Bertz CT molecular complexity index is 1300. The first-order valence-electron chi connectivity index (χ1n) is 11.2. The van der Waals surface area contributed by atoms with Gasteiger partial charge in [0.05, 0.1) is 12.6 Å². The van der Waals surface area contributed by atoms with Gasteiger partial charge in [-0.1, -0.05) is 29.3 Å². The molecule has 0 aliphatic rings. The molecule has 2 atom stereocenters. The molecule has 0 saturated heterocycles. The number of carbonyl (C=O) groups is 2. The molecule has 0 bridgehead atoms. The molecule has 3 rings (SSSR count). The molecule has 1 amide bonds. The predicted molar refractivity (Wildman–Crippen MR) is 131 cm³/mol. The van der Waals surface area contributed by atoms with Crippen molar-refractivity contribution < 1.29 is 42.1 Å². The molecular weight excluding hydrogens is 571 g/mol. The van der Waals surface area contributed by atoms with Crippen LogP contribution in [0.1, 0.15) is 22.8 Å². The van der Waals surface area contributed by atoms with Crippen LogP contribution in [0.3, 0.4) is 0 Å². The maximum Gasteiger partial charge on any atom is 0.340 e. The van der Waals surface area contributed by atoms with Crippen LogP contribution in [0.5, 0.6) is 5.75 Å². The van der Waals surface area contributed by atoms with Gasteiger partial charge in [0.2, 0.25) is 0 Å². The average Bonchev–Trinajstić information content (AvgIpc) is 3.38. The Kier molecular flexibility index (Phi) is 9.41. The molecule has 0 spiro atoms. The number of ether oxygens (including phenoxy) is 1. The number of nitrogens with zero attached hydrogens (tertiary/aromatic N) is 4. The summed E-state index contributed by atoms with van der Waals surface area (Å²) < 4.78 is 57.0. The fourth-order valence-electron chi connectivity index (χ4n) is 3.73. The van der Waals surface area contributed by atoms with Crippen LogP contribution in [0.4, 0.5) is 17.6 Å². The van der Waals surface area contributed by atoms with Gasteiger partial charge >= 0.3 is 18.3 Å². The van der Waals surface area contributed by atoms with Crippen LogP contribution in [0.15, 0.2) is 55.1 Å². The Labute approximate surface area is 229 Å². The second kappa shape index (κ2) is 12.2. The number of hydrogen-bond acceptors (Lipinski definition) is 6. The highest BCUT2D eigenvalue weighted by Gasteiger charge is 2.44. The van der Waals surface area contributed by atoms with E-state index >= 15 is 0 Å². The lowest BCUT2D eigenvalue weighted by atomic mass is 9.85. The Hall–Kier alpha value is -3.42. The van der Waals surface area contributed by atoms with Gasteiger partial charge in [-0.15, -0.1) is 0 Å². The van der Waals surface area contributed by atoms with Gasteiger partial charge in [0, 0.05) is 21.2 Å². The second-order valence-corrected chi connectivity index (χ2v) is 9.36. The van der Waals surface area contributed by atoms with Crippen LogP contribution in [0, 0.1) is 0 Å². The predicted octanol–water partition coefficient (Wildman–Crippen LogP) is 4.37. The first-order chi connectivity index (χ1) is 18.2. The van der Waals surface area contributed by atoms with Gasteiger partial charge in [0.25, 0.3) is 5.91 Å². The number of benzene rings is 2. The summed E-state index contributed by atoms with van der Waals surface area (Å²) in [6.07, 6.45) is -1.40. The number of halogens is 6. The topological polar surface area (TPSA) is 118 Å². The number of rotatable bonds is 12. The van der Waals surface area contributed by atoms with Crippen LogP contribution in [-0.4, -0.2) is 73.3 Å². The number of amides is 1. The molecule has 2 N–H and O–H groups in total. The molecule has 15 heteroatoms. The van der Waals surface area contributed by atoms with Crippen LogP contribution >= 0.6 is 23.2 Å². The average molecular weight is 593 g/mol. The van der Waals surface area contributed by atoms with Crippen LogP contribution in [0.2, 0.25) is 10.0 Å². The Morgan fingerprint density at radius 3 is 2.36 bits per heavy atom. The highest BCUT2D eigenvalue weighted by molar-refractivity contribution is 6.35. The van der Waals surface area contributed by atoms with E-state index in [9.17, 15) is 37.4 Å². The maximum atomic E-state index is 13.5. The summed E-state index contributed by atoms with van der Waals surface area (Å²) >= 11 is 12.4. The SMILES string of the molecule is CC(N(CC(=O)O)C(=O)c1ccc(OCC(F)(F)C(F)F)cc1)C(O)(Cn1cncn1)c1ccc(Cl)cc1Cl. The third-order valence-corrected chi connectivity index (χ3v) is 6.39. The van der Waals surface area contributed by atoms with E-state index in [4.69, 9.17) is 27.9 Å². The summed E-state index contributed by atoms with van der Waals surface area (Å²) in [5, 5.41) is 25.8. The summed E-state index contributed by atoms with van der Waals surface area (Å²) in [6, 6.07) is 7.49. The van der Waals surface area contributed by atoms with Crippen LogP contribution < -0.4 is 4.74 Å². The fraction of sp³-hybridized carbons (Fsp3) is 0.333. The number of alkyl halides is 4. The first-order valence-corrected chi connectivity index (χ1v) is 11.9. The number of carboxylic acid groups (broad SMARTS) is 1. The monoisotopic (exact) mass is 592 g/mol. The fourth-order valence-corrected chi connectivity index (χ4v) is 4.31. The number of aromatic nitrogens is 3. The third-order valence-electron chi connectivity index (χ3n) is 5.84. The van der Waals surface area contributed by atoms with E-state index in [1.54, 1.807) is 0 Å². The normalized spacial score (nSPS) is 14.1. The molecule has 0 fully saturated rings. The van der Waals surface area contributed by atoms with Gasteiger partial charge in [0.1, 0.15) is 30.5 Å². The quantitative estimate of drug-likeness (QED) is 0.300. The lowest BCUT2D eigenvalue weighted by Crippen LogP contribution is -2.55. The summed E-state index contributed by atoms with van der Waals surface area (Å²) in [6.45, 7) is -1.31. The molecule has 2 aromatic carbocycles. The zero-order valence-corrected chi connectivity index (χ0v) is 21.7. The van der Waals surface area contributed by atoms with Crippen molar-refractivity contribution in [3.63, 3.8) is 0 Å². The molecule has 0 aliphatic heterocycles. The summed E-state index contributed by atoms with van der Waals surface area (Å²) in [7, 11) is 0. The molecule has 210 valence electrons. The lowest BCUT2D eigenvalue weighted by molar-refractivity contribution is -0.148. The highest BCUT2D eigenvalue weighted by atomic mass is 35.5. The van der Waals surface area contributed by atoms with Crippen molar-refractivity contribution in [2.24, 2.45) is 0 Å². The van der Waals surface area contributed by atoms with Gasteiger partial charge in [-0.2, -0.15) is 13.9 Å². The van der Waals surface area contributed by atoms with Crippen molar-refractivity contribution in [2.45, 2.75) is 37.5 Å². The molecular formula is C24H22Cl2F4N4O5. The van der Waals surface area contributed by atoms with Crippen molar-refractivity contribution in [1.29, 1.82) is 0 Å². The largest absolute Gasteiger partial charge is 0.487 e. The maximum absolute atomic E-state index is 13.5. The molecule has 9 nitrogen and oxygen atoms in total. The van der Waals surface area contributed by atoms with Gasteiger partial charge in [0.15, 0.2) is 6.61 Å². The molecule has 0 aliphatic carbocycles. The van der Waals surface area contributed by atoms with Crippen molar-refractivity contribution in [2.75, 3.05) is 13.2 Å². The Balaban J connectivity index is 1.95. The number of hydrogen-bond donors (Lipinski definition) is 2. The molecule has 3 aromatic rings. The van der Waals surface area contributed by atoms with Gasteiger partial charge in [-0.25, -0.2) is 18.4 Å². The van der Waals surface area contributed by atoms with E-state index < -0.39 is 49.0 Å². The van der Waals surface area contributed by atoms with Crippen molar-refractivity contribution in [3.8, 4) is 5.75 Å². The van der Waals surface area contributed by atoms with E-state index in [1.165, 1.54) is 42.5 Å². The van der Waals surface area contributed by atoms with Crippen molar-refractivity contribution >= 4 is 35.1 Å². The highest BCUT2D eigenvalue weighted by Crippen LogP contribution is 2.37. The molecule has 1 heterocycles. The van der Waals surface area contributed by atoms with Crippen molar-refractivity contribution in [3.05, 3.63) is 76.3 Å². The smallest absolute Gasteiger partial charge is 0.340 e. The van der Waals surface area contributed by atoms with Crippen LogP contribution in [-0.2, 0) is 16.9 Å².